The van der Waals surface area contributed by atoms with Crippen LogP contribution in [0.1, 0.15) is 46.6 Å². The van der Waals surface area contributed by atoms with E-state index in [1.54, 1.807) is 0 Å². The van der Waals surface area contributed by atoms with Gasteiger partial charge in [0.2, 0.25) is 0 Å². The largest absolute Gasteiger partial charge is 0.352 e. The fourth-order valence-electron chi connectivity index (χ4n) is 3.98. The second kappa shape index (κ2) is 10.2. The molecule has 1 heterocycles. The maximum atomic E-state index is 13.0. The highest BCUT2D eigenvalue weighted by Crippen LogP contribution is 2.20. The number of hydrogen-bond acceptors (Lipinski definition) is 2. The number of carbonyl (C=O) groups excluding carboxylic acids is 1. The number of fused-ring (bicyclic) bond motifs is 1. The number of unbranched alkanes of at least 4 members (excludes halogenated alkanes) is 2. The van der Waals surface area contributed by atoms with E-state index in [1.165, 1.54) is 35.4 Å². The molecule has 0 unspecified atom stereocenters. The number of nitrogens with zero attached hydrogens (tertiary/aromatic N) is 2. The fourth-order valence-corrected chi connectivity index (χ4v) is 3.98. The summed E-state index contributed by atoms with van der Waals surface area (Å²) in [6, 6.07) is 22.5. The number of benzene rings is 3. The van der Waals surface area contributed by atoms with Crippen LogP contribution in [0.3, 0.4) is 0 Å². The van der Waals surface area contributed by atoms with Gasteiger partial charge in [0.05, 0.1) is 11.0 Å². The molecule has 0 saturated heterocycles. The number of carbonyl (C=O) groups is 1. The maximum absolute atomic E-state index is 13.0. The van der Waals surface area contributed by atoms with Gasteiger partial charge in [-0.3, -0.25) is 4.79 Å². The van der Waals surface area contributed by atoms with Crippen LogP contribution in [0.4, 0.5) is 4.39 Å². The van der Waals surface area contributed by atoms with E-state index >= 15 is 0 Å². The van der Waals surface area contributed by atoms with Crippen LogP contribution < -0.4 is 5.32 Å². The zero-order chi connectivity index (χ0) is 22.3. The second-order valence-corrected chi connectivity index (χ2v) is 8.17. The summed E-state index contributed by atoms with van der Waals surface area (Å²) in [7, 11) is 0. The minimum atomic E-state index is -0.338. The molecule has 4 nitrogen and oxygen atoms in total. The van der Waals surface area contributed by atoms with E-state index in [0.29, 0.717) is 12.1 Å². The van der Waals surface area contributed by atoms with E-state index in [4.69, 9.17) is 4.98 Å². The molecule has 0 bridgehead atoms. The monoisotopic (exact) mass is 429 g/mol. The summed E-state index contributed by atoms with van der Waals surface area (Å²) in [5.74, 6) is 0.600. The Morgan fingerprint density at radius 2 is 1.78 bits per heavy atom. The quantitative estimate of drug-likeness (QED) is 0.348. The van der Waals surface area contributed by atoms with Gasteiger partial charge in [-0.2, -0.15) is 0 Å². The molecule has 0 atom stereocenters. The number of aryl methyl sites for hydroxylation is 2. The molecule has 5 heteroatoms. The SMILES string of the molecule is Cc1cccc(Cn2c(CCCCCNC(=O)c3ccc(F)cc3)nc3ccccc32)c1. The van der Waals surface area contributed by atoms with Crippen molar-refractivity contribution in [2.75, 3.05) is 6.54 Å². The van der Waals surface area contributed by atoms with E-state index in [-0.39, 0.29) is 11.7 Å². The predicted molar refractivity (Wildman–Crippen MR) is 126 cm³/mol. The van der Waals surface area contributed by atoms with Gasteiger partial charge in [0.25, 0.3) is 5.91 Å². The van der Waals surface area contributed by atoms with Crippen molar-refractivity contribution in [3.05, 3.63) is 101 Å². The van der Waals surface area contributed by atoms with Crippen LogP contribution in [-0.2, 0) is 13.0 Å². The Bertz CT molecular complexity index is 1200. The number of hydrogen-bond donors (Lipinski definition) is 1. The molecule has 4 rings (SSSR count). The summed E-state index contributed by atoms with van der Waals surface area (Å²) in [6.45, 7) is 3.53. The van der Waals surface area contributed by atoms with Crippen LogP contribution in [0.15, 0.2) is 72.8 Å². The molecular formula is C27H28FN3O. The summed E-state index contributed by atoms with van der Waals surface area (Å²) >= 11 is 0. The number of rotatable bonds is 9. The lowest BCUT2D eigenvalue weighted by Gasteiger charge is -2.10. The third kappa shape index (κ3) is 5.41. The molecular weight excluding hydrogens is 401 g/mol. The zero-order valence-corrected chi connectivity index (χ0v) is 18.4. The Labute approximate surface area is 188 Å². The standard InChI is InChI=1S/C27H28FN3O/c1-20-8-7-9-21(18-20)19-31-25-11-5-4-10-24(25)30-26(31)12-3-2-6-17-29-27(32)22-13-15-23(28)16-14-22/h4-5,7-11,13-16,18H,2-3,6,12,17,19H2,1H3,(H,29,32). The average molecular weight is 430 g/mol. The number of amides is 1. The molecule has 164 valence electrons. The first-order chi connectivity index (χ1) is 15.6. The van der Waals surface area contributed by atoms with Gasteiger partial charge in [0.15, 0.2) is 0 Å². The normalized spacial score (nSPS) is 11.1. The second-order valence-electron chi connectivity index (χ2n) is 8.17. The summed E-state index contributed by atoms with van der Waals surface area (Å²) in [4.78, 5) is 17.0. The van der Waals surface area contributed by atoms with Gasteiger partial charge < -0.3 is 9.88 Å². The number of para-hydroxylation sites is 2. The Morgan fingerprint density at radius 1 is 0.969 bits per heavy atom. The van der Waals surface area contributed by atoms with Gasteiger partial charge in [0.1, 0.15) is 11.6 Å². The lowest BCUT2D eigenvalue weighted by atomic mass is 10.1. The van der Waals surface area contributed by atoms with E-state index in [0.717, 1.165) is 49.1 Å². The number of nitrogens with one attached hydrogen (secondary N) is 1. The number of aromatic nitrogens is 2. The maximum Gasteiger partial charge on any atom is 0.251 e. The lowest BCUT2D eigenvalue weighted by Crippen LogP contribution is -2.24. The van der Waals surface area contributed by atoms with Crippen LogP contribution >= 0.6 is 0 Å². The number of halogens is 1. The molecule has 1 amide bonds. The van der Waals surface area contributed by atoms with Gasteiger partial charge in [0, 0.05) is 25.1 Å². The molecule has 32 heavy (non-hydrogen) atoms. The highest BCUT2D eigenvalue weighted by molar-refractivity contribution is 5.94. The third-order valence-electron chi connectivity index (χ3n) is 5.63. The van der Waals surface area contributed by atoms with Gasteiger partial charge >= 0.3 is 0 Å². The van der Waals surface area contributed by atoms with Crippen molar-refractivity contribution in [2.45, 2.75) is 39.2 Å². The molecule has 1 N–H and O–H groups in total. The van der Waals surface area contributed by atoms with Crippen LogP contribution in [-0.4, -0.2) is 22.0 Å². The van der Waals surface area contributed by atoms with Gasteiger partial charge in [-0.15, -0.1) is 0 Å². The first-order valence-corrected chi connectivity index (χ1v) is 11.1. The van der Waals surface area contributed by atoms with Crippen molar-refractivity contribution >= 4 is 16.9 Å². The van der Waals surface area contributed by atoms with Crippen molar-refractivity contribution in [3.8, 4) is 0 Å². The van der Waals surface area contributed by atoms with Crippen molar-refractivity contribution in [1.82, 2.24) is 14.9 Å². The molecule has 0 saturated carbocycles. The van der Waals surface area contributed by atoms with Crippen molar-refractivity contribution < 1.29 is 9.18 Å². The van der Waals surface area contributed by atoms with Crippen molar-refractivity contribution in [1.29, 1.82) is 0 Å². The molecule has 4 aromatic rings. The first-order valence-electron chi connectivity index (χ1n) is 11.1. The molecule has 0 spiro atoms. The molecule has 0 aliphatic carbocycles. The van der Waals surface area contributed by atoms with E-state index in [2.05, 4.69) is 59.3 Å². The third-order valence-corrected chi connectivity index (χ3v) is 5.63. The Balaban J connectivity index is 1.32. The summed E-state index contributed by atoms with van der Waals surface area (Å²) in [5.41, 5.74) is 5.21. The predicted octanol–water partition coefficient (Wildman–Crippen LogP) is 5.67. The van der Waals surface area contributed by atoms with E-state index < -0.39 is 0 Å². The molecule has 0 aliphatic heterocycles. The van der Waals surface area contributed by atoms with Crippen LogP contribution in [0.2, 0.25) is 0 Å². The van der Waals surface area contributed by atoms with Gasteiger partial charge in [-0.1, -0.05) is 48.4 Å². The van der Waals surface area contributed by atoms with Crippen LogP contribution in [0, 0.1) is 12.7 Å². The van der Waals surface area contributed by atoms with Gasteiger partial charge in [-0.25, -0.2) is 9.37 Å². The van der Waals surface area contributed by atoms with E-state index in [1.807, 2.05) is 6.07 Å². The van der Waals surface area contributed by atoms with Crippen molar-refractivity contribution in [3.63, 3.8) is 0 Å². The Hall–Kier alpha value is -3.47. The fraction of sp³-hybridized carbons (Fsp3) is 0.259. The lowest BCUT2D eigenvalue weighted by molar-refractivity contribution is 0.0953. The van der Waals surface area contributed by atoms with Crippen molar-refractivity contribution in [2.24, 2.45) is 0 Å². The smallest absolute Gasteiger partial charge is 0.251 e. The van der Waals surface area contributed by atoms with Crippen LogP contribution in [0.5, 0.6) is 0 Å². The summed E-state index contributed by atoms with van der Waals surface area (Å²) in [5, 5.41) is 2.91. The summed E-state index contributed by atoms with van der Waals surface area (Å²) in [6.07, 6.45) is 3.79. The molecule has 3 aromatic carbocycles. The number of imidazole rings is 1. The van der Waals surface area contributed by atoms with Gasteiger partial charge in [-0.05, 0) is 61.7 Å². The topological polar surface area (TPSA) is 46.9 Å². The summed E-state index contributed by atoms with van der Waals surface area (Å²) < 4.78 is 15.3. The molecule has 0 aliphatic rings. The minimum Gasteiger partial charge on any atom is -0.352 e. The molecule has 1 aromatic heterocycles. The zero-order valence-electron chi connectivity index (χ0n) is 18.4. The first kappa shape index (κ1) is 21.8. The minimum absolute atomic E-state index is 0.162. The average Bonchev–Trinajstić information content (AvgIpc) is 3.14. The van der Waals surface area contributed by atoms with Crippen LogP contribution in [0.25, 0.3) is 11.0 Å². The molecule has 0 fully saturated rings. The Kier molecular flexibility index (Phi) is 6.95. The van der Waals surface area contributed by atoms with E-state index in [9.17, 15) is 9.18 Å². The highest BCUT2D eigenvalue weighted by atomic mass is 19.1. The molecule has 0 radical (unpaired) electrons. The highest BCUT2D eigenvalue weighted by Gasteiger charge is 2.11. The Morgan fingerprint density at radius 3 is 2.59 bits per heavy atom.